The Morgan fingerprint density at radius 1 is 1.38 bits per heavy atom. The maximum Gasteiger partial charge on any atom is 0.471 e. The molecule has 0 aromatic heterocycles. The largest absolute Gasteiger partial charge is 0.471 e. The number of hydrogen-bond donors (Lipinski definition) is 2. The molecule has 1 amide bonds. The fraction of sp³-hybridized carbons (Fsp3) is 0.833. The van der Waals surface area contributed by atoms with Gasteiger partial charge < -0.3 is 15.7 Å². The molecular formula is C6H11F3N2O2. The number of alkyl halides is 3. The predicted molar refractivity (Wildman–Crippen MR) is 38.8 cm³/mol. The normalized spacial score (nSPS) is 11.5. The third-order valence-electron chi connectivity index (χ3n) is 1.30. The number of nitrogens with two attached hydrogens (primary N) is 1. The van der Waals surface area contributed by atoms with E-state index in [1.54, 1.807) is 0 Å². The minimum atomic E-state index is -4.90. The lowest BCUT2D eigenvalue weighted by atomic mass is 10.4. The quantitative estimate of drug-likeness (QED) is 0.632. The predicted octanol–water partition coefficient (Wildman–Crippen LogP) is -0.672. The summed E-state index contributed by atoms with van der Waals surface area (Å²) in [5, 5.41) is 8.38. The Bertz CT molecular complexity index is 166. The fourth-order valence-electron chi connectivity index (χ4n) is 0.771. The number of nitrogens with zero attached hydrogens (tertiary/aromatic N) is 1. The van der Waals surface area contributed by atoms with Crippen LogP contribution in [-0.4, -0.2) is 48.3 Å². The first-order chi connectivity index (χ1) is 5.93. The van der Waals surface area contributed by atoms with Gasteiger partial charge in [0.25, 0.3) is 0 Å². The van der Waals surface area contributed by atoms with E-state index < -0.39 is 18.7 Å². The Morgan fingerprint density at radius 3 is 2.23 bits per heavy atom. The van der Waals surface area contributed by atoms with Crippen molar-refractivity contribution in [3.8, 4) is 0 Å². The van der Waals surface area contributed by atoms with E-state index in [1.807, 2.05) is 0 Å². The van der Waals surface area contributed by atoms with Crippen molar-refractivity contribution < 1.29 is 23.1 Å². The molecule has 0 rings (SSSR count). The second-order valence-corrected chi connectivity index (χ2v) is 2.30. The van der Waals surface area contributed by atoms with Crippen LogP contribution in [0.4, 0.5) is 13.2 Å². The molecule has 0 spiro atoms. The van der Waals surface area contributed by atoms with Crippen molar-refractivity contribution >= 4 is 5.91 Å². The second-order valence-electron chi connectivity index (χ2n) is 2.30. The van der Waals surface area contributed by atoms with Crippen LogP contribution in [-0.2, 0) is 4.79 Å². The van der Waals surface area contributed by atoms with E-state index in [0.29, 0.717) is 4.90 Å². The van der Waals surface area contributed by atoms with E-state index in [9.17, 15) is 18.0 Å². The molecule has 0 heterocycles. The number of carbonyl (C=O) groups excluding carboxylic acids is 1. The van der Waals surface area contributed by atoms with Gasteiger partial charge in [0.15, 0.2) is 0 Å². The average Bonchev–Trinajstić information content (AvgIpc) is 2.01. The summed E-state index contributed by atoms with van der Waals surface area (Å²) in [6.45, 7) is -1.14. The molecule has 78 valence electrons. The molecular weight excluding hydrogens is 189 g/mol. The Hall–Kier alpha value is -0.820. The molecule has 0 aliphatic heterocycles. The first kappa shape index (κ1) is 12.2. The van der Waals surface area contributed by atoms with E-state index in [4.69, 9.17) is 10.8 Å². The molecule has 0 fully saturated rings. The van der Waals surface area contributed by atoms with Gasteiger partial charge in [-0.2, -0.15) is 13.2 Å². The van der Waals surface area contributed by atoms with Crippen LogP contribution < -0.4 is 5.73 Å². The van der Waals surface area contributed by atoms with Crippen LogP contribution >= 0.6 is 0 Å². The van der Waals surface area contributed by atoms with Gasteiger partial charge in [-0.3, -0.25) is 4.79 Å². The van der Waals surface area contributed by atoms with E-state index in [2.05, 4.69) is 0 Å². The molecule has 0 saturated carbocycles. The van der Waals surface area contributed by atoms with Crippen molar-refractivity contribution in [2.75, 3.05) is 26.2 Å². The molecule has 0 radical (unpaired) electrons. The molecule has 0 aliphatic carbocycles. The summed E-state index contributed by atoms with van der Waals surface area (Å²) in [6, 6.07) is 0. The Labute approximate surface area is 73.1 Å². The minimum absolute atomic E-state index is 0.0676. The lowest BCUT2D eigenvalue weighted by molar-refractivity contribution is -0.185. The van der Waals surface area contributed by atoms with Crippen LogP contribution in [0.5, 0.6) is 0 Å². The van der Waals surface area contributed by atoms with E-state index >= 15 is 0 Å². The number of carbonyl (C=O) groups is 1. The summed E-state index contributed by atoms with van der Waals surface area (Å²) in [7, 11) is 0. The van der Waals surface area contributed by atoms with Gasteiger partial charge >= 0.3 is 12.1 Å². The Kier molecular flexibility index (Phi) is 4.71. The Balaban J connectivity index is 4.27. The molecule has 0 aromatic carbocycles. The molecule has 13 heavy (non-hydrogen) atoms. The number of rotatable bonds is 4. The lowest BCUT2D eigenvalue weighted by Gasteiger charge is -2.21. The van der Waals surface area contributed by atoms with E-state index in [1.165, 1.54) is 0 Å². The lowest BCUT2D eigenvalue weighted by Crippen LogP contribution is -2.44. The standard InChI is InChI=1S/C6H11F3N2O2/c7-6(8,9)5(13)11(2-1-10)3-4-12/h12H,1-4,10H2. The van der Waals surface area contributed by atoms with Gasteiger partial charge in [0.2, 0.25) is 0 Å². The molecule has 7 heteroatoms. The smallest absolute Gasteiger partial charge is 0.395 e. The van der Waals surface area contributed by atoms with Gasteiger partial charge in [-0.15, -0.1) is 0 Å². The summed E-state index contributed by atoms with van der Waals surface area (Å²) in [5.74, 6) is -1.97. The van der Waals surface area contributed by atoms with Gasteiger partial charge in [-0.05, 0) is 0 Å². The number of hydrogen-bond acceptors (Lipinski definition) is 3. The highest BCUT2D eigenvalue weighted by Gasteiger charge is 2.41. The van der Waals surface area contributed by atoms with Crippen molar-refractivity contribution in [1.82, 2.24) is 4.90 Å². The van der Waals surface area contributed by atoms with Crippen molar-refractivity contribution in [3.05, 3.63) is 0 Å². The van der Waals surface area contributed by atoms with E-state index in [0.717, 1.165) is 0 Å². The molecule has 0 saturated heterocycles. The molecule has 0 atom stereocenters. The molecule has 4 nitrogen and oxygen atoms in total. The van der Waals surface area contributed by atoms with Crippen molar-refractivity contribution in [2.24, 2.45) is 5.73 Å². The number of amides is 1. The van der Waals surface area contributed by atoms with Crippen molar-refractivity contribution in [1.29, 1.82) is 0 Å². The highest BCUT2D eigenvalue weighted by molar-refractivity contribution is 5.81. The molecule has 3 N–H and O–H groups in total. The maximum absolute atomic E-state index is 11.8. The summed E-state index contributed by atoms with van der Waals surface area (Å²) < 4.78 is 35.5. The zero-order chi connectivity index (χ0) is 10.5. The molecule has 0 unspecified atom stereocenters. The topological polar surface area (TPSA) is 66.6 Å². The average molecular weight is 200 g/mol. The van der Waals surface area contributed by atoms with Gasteiger partial charge in [0, 0.05) is 19.6 Å². The van der Waals surface area contributed by atoms with E-state index in [-0.39, 0.29) is 19.6 Å². The zero-order valence-electron chi connectivity index (χ0n) is 6.84. The molecule has 0 aliphatic rings. The van der Waals surface area contributed by atoms with Gasteiger partial charge in [0.1, 0.15) is 0 Å². The zero-order valence-corrected chi connectivity index (χ0v) is 6.84. The SMILES string of the molecule is NCCN(CCO)C(=O)C(F)(F)F. The number of halogens is 3. The molecule has 0 bridgehead atoms. The summed E-state index contributed by atoms with van der Waals surface area (Å²) in [4.78, 5) is 11.1. The summed E-state index contributed by atoms with van der Waals surface area (Å²) in [5.41, 5.74) is 5.00. The number of aliphatic hydroxyl groups is 1. The monoisotopic (exact) mass is 200 g/mol. The third kappa shape index (κ3) is 4.09. The minimum Gasteiger partial charge on any atom is -0.395 e. The summed E-state index contributed by atoms with van der Waals surface area (Å²) >= 11 is 0. The third-order valence-corrected chi connectivity index (χ3v) is 1.30. The van der Waals surface area contributed by atoms with Crippen LogP contribution in [0.3, 0.4) is 0 Å². The van der Waals surface area contributed by atoms with Gasteiger partial charge in [0.05, 0.1) is 6.61 Å². The van der Waals surface area contributed by atoms with Crippen LogP contribution in [0.25, 0.3) is 0 Å². The highest BCUT2D eigenvalue weighted by atomic mass is 19.4. The first-order valence-corrected chi connectivity index (χ1v) is 3.60. The van der Waals surface area contributed by atoms with Crippen LogP contribution in [0.1, 0.15) is 0 Å². The maximum atomic E-state index is 11.8. The van der Waals surface area contributed by atoms with Crippen molar-refractivity contribution in [3.63, 3.8) is 0 Å². The first-order valence-electron chi connectivity index (χ1n) is 3.60. The van der Waals surface area contributed by atoms with Gasteiger partial charge in [-0.25, -0.2) is 0 Å². The Morgan fingerprint density at radius 2 is 1.92 bits per heavy atom. The number of aliphatic hydroxyl groups excluding tert-OH is 1. The summed E-state index contributed by atoms with van der Waals surface area (Å²) in [6.07, 6.45) is -4.90. The van der Waals surface area contributed by atoms with Gasteiger partial charge in [-0.1, -0.05) is 0 Å². The second kappa shape index (κ2) is 5.03. The van der Waals surface area contributed by atoms with Crippen LogP contribution in [0.2, 0.25) is 0 Å². The van der Waals surface area contributed by atoms with Crippen molar-refractivity contribution in [2.45, 2.75) is 6.18 Å². The highest BCUT2D eigenvalue weighted by Crippen LogP contribution is 2.17. The van der Waals surface area contributed by atoms with Crippen LogP contribution in [0.15, 0.2) is 0 Å². The fourth-order valence-corrected chi connectivity index (χ4v) is 0.771. The van der Waals surface area contributed by atoms with Crippen LogP contribution in [0, 0.1) is 0 Å². The molecule has 0 aromatic rings.